The average Bonchev–Trinajstić information content (AvgIpc) is 2.42. The van der Waals surface area contributed by atoms with Crippen molar-refractivity contribution in [3.63, 3.8) is 0 Å². The van der Waals surface area contributed by atoms with Crippen LogP contribution in [0.5, 0.6) is 0 Å². The maximum atomic E-state index is 13.2. The van der Waals surface area contributed by atoms with E-state index in [1.807, 2.05) is 6.92 Å². The molecule has 0 bridgehead atoms. The zero-order chi connectivity index (χ0) is 15.4. The van der Waals surface area contributed by atoms with Gasteiger partial charge in [0.2, 0.25) is 0 Å². The number of aryl methyl sites for hydroxylation is 1. The van der Waals surface area contributed by atoms with Crippen molar-refractivity contribution in [3.05, 3.63) is 57.0 Å². The van der Waals surface area contributed by atoms with Crippen molar-refractivity contribution in [3.8, 4) is 0 Å². The molecule has 0 atom stereocenters. The molecule has 2 aromatic rings. The van der Waals surface area contributed by atoms with Crippen molar-refractivity contribution in [2.45, 2.75) is 19.8 Å². The van der Waals surface area contributed by atoms with Gasteiger partial charge in [0.05, 0.1) is 4.47 Å². The molecule has 3 nitrogen and oxygen atoms in total. The van der Waals surface area contributed by atoms with Gasteiger partial charge in [-0.3, -0.25) is 4.79 Å². The summed E-state index contributed by atoms with van der Waals surface area (Å²) in [5.41, 5.74) is 1.70. The molecule has 0 saturated heterocycles. The minimum absolute atomic E-state index is 0.284. The third-order valence-corrected chi connectivity index (χ3v) is 3.59. The molecule has 0 spiro atoms. The number of benzene rings is 1. The lowest BCUT2D eigenvalue weighted by Crippen LogP contribution is -2.13. The van der Waals surface area contributed by atoms with Gasteiger partial charge in [-0.1, -0.05) is 24.9 Å². The molecule has 2 rings (SSSR count). The maximum absolute atomic E-state index is 13.2. The number of carbonyl (C=O) groups excluding carboxylic acids is 1. The van der Waals surface area contributed by atoms with Crippen LogP contribution in [0.25, 0.3) is 0 Å². The first-order valence-electron chi connectivity index (χ1n) is 6.42. The van der Waals surface area contributed by atoms with Crippen LogP contribution in [0.4, 0.5) is 10.1 Å². The molecule has 1 heterocycles. The van der Waals surface area contributed by atoms with Crippen LogP contribution in [0, 0.1) is 5.82 Å². The summed E-state index contributed by atoms with van der Waals surface area (Å²) in [5, 5.41) is 2.98. The van der Waals surface area contributed by atoms with Crippen LogP contribution in [0.1, 0.15) is 29.4 Å². The van der Waals surface area contributed by atoms with E-state index in [0.717, 1.165) is 18.5 Å². The van der Waals surface area contributed by atoms with E-state index in [9.17, 15) is 9.18 Å². The summed E-state index contributed by atoms with van der Waals surface area (Å²) in [5.74, 6) is -0.694. The summed E-state index contributed by atoms with van der Waals surface area (Å²) in [7, 11) is 0. The maximum Gasteiger partial charge on any atom is 0.255 e. The van der Waals surface area contributed by atoms with Gasteiger partial charge < -0.3 is 5.32 Å². The molecule has 0 saturated carbocycles. The van der Waals surface area contributed by atoms with Crippen LogP contribution in [0.2, 0.25) is 5.15 Å². The Labute approximate surface area is 135 Å². The minimum Gasteiger partial charge on any atom is -0.322 e. The van der Waals surface area contributed by atoms with Gasteiger partial charge in [-0.15, -0.1) is 0 Å². The zero-order valence-electron chi connectivity index (χ0n) is 11.3. The lowest BCUT2D eigenvalue weighted by atomic mass is 10.1. The molecule has 1 N–H and O–H groups in total. The smallest absolute Gasteiger partial charge is 0.255 e. The Morgan fingerprint density at radius 3 is 2.81 bits per heavy atom. The molecule has 21 heavy (non-hydrogen) atoms. The highest BCUT2D eigenvalue weighted by Gasteiger charge is 2.10. The standard InChI is InChI=1S/C15H13BrClFN2O/c1-2-3-10-6-9(7-14(17)19-10)15(21)20-11-4-5-13(18)12(16)8-11/h4-8H,2-3H2,1H3,(H,20,21). The number of halogens is 3. The summed E-state index contributed by atoms with van der Waals surface area (Å²) in [6.45, 7) is 2.03. The van der Waals surface area contributed by atoms with Crippen molar-refractivity contribution in [2.24, 2.45) is 0 Å². The number of pyridine rings is 1. The van der Waals surface area contributed by atoms with Crippen molar-refractivity contribution in [1.29, 1.82) is 0 Å². The molecule has 0 fully saturated rings. The summed E-state index contributed by atoms with van der Waals surface area (Å²) in [6, 6.07) is 7.50. The summed E-state index contributed by atoms with van der Waals surface area (Å²) in [4.78, 5) is 16.4. The average molecular weight is 372 g/mol. The Morgan fingerprint density at radius 1 is 1.38 bits per heavy atom. The molecule has 6 heteroatoms. The van der Waals surface area contributed by atoms with Crippen molar-refractivity contribution in [1.82, 2.24) is 4.98 Å². The fourth-order valence-electron chi connectivity index (χ4n) is 1.84. The van der Waals surface area contributed by atoms with Gasteiger partial charge in [0.1, 0.15) is 11.0 Å². The van der Waals surface area contributed by atoms with Gasteiger partial charge in [-0.2, -0.15) is 0 Å². The Hall–Kier alpha value is -1.46. The van der Waals surface area contributed by atoms with Gasteiger partial charge in [0.25, 0.3) is 5.91 Å². The molecular formula is C15H13BrClFN2O. The fraction of sp³-hybridized carbons (Fsp3) is 0.200. The van der Waals surface area contributed by atoms with Crippen LogP contribution in [0.3, 0.4) is 0 Å². The number of hydrogen-bond acceptors (Lipinski definition) is 2. The monoisotopic (exact) mass is 370 g/mol. The predicted molar refractivity (Wildman–Crippen MR) is 85.3 cm³/mol. The minimum atomic E-state index is -0.384. The Bertz CT molecular complexity index is 679. The van der Waals surface area contributed by atoms with E-state index < -0.39 is 0 Å². The fourth-order valence-corrected chi connectivity index (χ4v) is 2.45. The Kier molecular flexibility index (Phi) is 5.31. The number of nitrogens with zero attached hydrogens (tertiary/aromatic N) is 1. The van der Waals surface area contributed by atoms with Gasteiger partial charge in [0, 0.05) is 16.9 Å². The third kappa shape index (κ3) is 4.25. The Balaban J connectivity index is 2.21. The van der Waals surface area contributed by atoms with E-state index in [4.69, 9.17) is 11.6 Å². The van der Waals surface area contributed by atoms with Crippen LogP contribution in [-0.4, -0.2) is 10.9 Å². The topological polar surface area (TPSA) is 42.0 Å². The van der Waals surface area contributed by atoms with Crippen molar-refractivity contribution >= 4 is 39.1 Å². The molecule has 0 aliphatic carbocycles. The van der Waals surface area contributed by atoms with Crippen LogP contribution >= 0.6 is 27.5 Å². The first-order chi connectivity index (χ1) is 9.99. The second-order valence-electron chi connectivity index (χ2n) is 4.50. The highest BCUT2D eigenvalue weighted by Crippen LogP contribution is 2.21. The molecule has 110 valence electrons. The molecule has 1 aromatic heterocycles. The van der Waals surface area contributed by atoms with E-state index in [2.05, 4.69) is 26.2 Å². The van der Waals surface area contributed by atoms with Crippen molar-refractivity contribution in [2.75, 3.05) is 5.32 Å². The highest BCUT2D eigenvalue weighted by atomic mass is 79.9. The lowest BCUT2D eigenvalue weighted by molar-refractivity contribution is 0.102. The van der Waals surface area contributed by atoms with Gasteiger partial charge in [0.15, 0.2) is 0 Å². The number of carbonyl (C=O) groups is 1. The van der Waals surface area contributed by atoms with Gasteiger partial charge in [-0.25, -0.2) is 9.37 Å². The molecule has 1 aromatic carbocycles. The van der Waals surface area contributed by atoms with Crippen LogP contribution < -0.4 is 5.32 Å². The SMILES string of the molecule is CCCc1cc(C(=O)Nc2ccc(F)c(Br)c2)cc(Cl)n1. The van der Waals surface area contributed by atoms with Gasteiger partial charge >= 0.3 is 0 Å². The molecule has 0 unspecified atom stereocenters. The van der Waals surface area contributed by atoms with E-state index in [-0.39, 0.29) is 16.9 Å². The quantitative estimate of drug-likeness (QED) is 0.781. The van der Waals surface area contributed by atoms with E-state index >= 15 is 0 Å². The van der Waals surface area contributed by atoms with Crippen LogP contribution in [0.15, 0.2) is 34.8 Å². The third-order valence-electron chi connectivity index (χ3n) is 2.79. The number of amides is 1. The van der Waals surface area contributed by atoms with Crippen LogP contribution in [-0.2, 0) is 6.42 Å². The lowest BCUT2D eigenvalue weighted by Gasteiger charge is -2.08. The second-order valence-corrected chi connectivity index (χ2v) is 5.74. The highest BCUT2D eigenvalue weighted by molar-refractivity contribution is 9.10. The zero-order valence-corrected chi connectivity index (χ0v) is 13.6. The Morgan fingerprint density at radius 2 is 2.14 bits per heavy atom. The summed E-state index contributed by atoms with van der Waals surface area (Å²) < 4.78 is 13.5. The van der Waals surface area contributed by atoms with E-state index in [0.29, 0.717) is 15.7 Å². The first-order valence-corrected chi connectivity index (χ1v) is 7.59. The number of aromatic nitrogens is 1. The predicted octanol–water partition coefficient (Wildman–Crippen LogP) is 4.84. The second kappa shape index (κ2) is 7.00. The number of hydrogen-bond donors (Lipinski definition) is 1. The largest absolute Gasteiger partial charge is 0.322 e. The van der Waals surface area contributed by atoms with E-state index in [1.54, 1.807) is 6.07 Å². The number of anilines is 1. The molecule has 0 aliphatic rings. The first kappa shape index (κ1) is 15.9. The van der Waals surface area contributed by atoms with Gasteiger partial charge in [-0.05, 0) is 52.7 Å². The molecule has 1 amide bonds. The van der Waals surface area contributed by atoms with E-state index in [1.165, 1.54) is 24.3 Å². The molecule has 0 aliphatic heterocycles. The number of rotatable bonds is 4. The summed E-state index contributed by atoms with van der Waals surface area (Å²) in [6.07, 6.45) is 1.67. The van der Waals surface area contributed by atoms with Crippen molar-refractivity contribution < 1.29 is 9.18 Å². The molecular weight excluding hydrogens is 359 g/mol. The number of nitrogens with one attached hydrogen (secondary N) is 1. The normalized spacial score (nSPS) is 10.5. The molecule has 0 radical (unpaired) electrons. The summed E-state index contributed by atoms with van der Waals surface area (Å²) >= 11 is 9.01.